The highest BCUT2D eigenvalue weighted by Gasteiger charge is 2.48. The standard InChI is InChI=1S/C27H50N4O5/c1-11-26(12-2,29-15-5)25(36)31(16-6)27(13-3,14-4)24(35)28-18-22(32)30(10)21(19(7)8)17-20(9)23(33)34/h17,19,21,29H,11-16,18H2,1-10H3,(H,28,35)(H,33,34)/t21-/m1/s1. The fraction of sp³-hybridized carbons (Fsp3) is 0.778. The summed E-state index contributed by atoms with van der Waals surface area (Å²) in [5, 5.41) is 15.4. The number of rotatable bonds is 16. The van der Waals surface area contributed by atoms with Gasteiger partial charge < -0.3 is 25.5 Å². The molecular formula is C27H50N4O5. The van der Waals surface area contributed by atoms with Crippen LogP contribution in [-0.2, 0) is 19.2 Å². The molecule has 0 aromatic heterocycles. The van der Waals surface area contributed by atoms with E-state index in [1.807, 2.05) is 55.4 Å². The highest BCUT2D eigenvalue weighted by molar-refractivity contribution is 5.96. The van der Waals surface area contributed by atoms with E-state index in [-0.39, 0.29) is 35.8 Å². The number of aliphatic carboxylic acids is 1. The van der Waals surface area contributed by atoms with Crippen LogP contribution in [0.15, 0.2) is 11.6 Å². The first-order valence-electron chi connectivity index (χ1n) is 13.3. The normalized spacial score (nSPS) is 13.4. The molecule has 3 amide bonds. The van der Waals surface area contributed by atoms with Crippen molar-refractivity contribution >= 4 is 23.7 Å². The first kappa shape index (κ1) is 33.6. The molecule has 0 fully saturated rings. The van der Waals surface area contributed by atoms with Gasteiger partial charge in [0.05, 0.1) is 18.1 Å². The number of nitrogens with one attached hydrogen (secondary N) is 2. The molecule has 9 nitrogen and oxygen atoms in total. The van der Waals surface area contributed by atoms with Crippen LogP contribution in [0.2, 0.25) is 0 Å². The maximum absolute atomic E-state index is 13.8. The fourth-order valence-electron chi connectivity index (χ4n) is 4.88. The van der Waals surface area contributed by atoms with E-state index in [1.54, 1.807) is 18.0 Å². The second-order valence-corrected chi connectivity index (χ2v) is 9.68. The van der Waals surface area contributed by atoms with Gasteiger partial charge in [0.1, 0.15) is 5.54 Å². The van der Waals surface area contributed by atoms with Crippen LogP contribution in [0, 0.1) is 5.92 Å². The number of carbonyl (C=O) groups excluding carboxylic acids is 3. The lowest BCUT2D eigenvalue weighted by molar-refractivity contribution is -0.154. The van der Waals surface area contributed by atoms with Crippen LogP contribution in [0.1, 0.15) is 88.0 Å². The minimum absolute atomic E-state index is 0.0233. The first-order valence-corrected chi connectivity index (χ1v) is 13.3. The number of carboxylic acid groups (broad SMARTS) is 1. The van der Waals surface area contributed by atoms with Crippen LogP contribution in [-0.4, -0.2) is 82.4 Å². The van der Waals surface area contributed by atoms with Crippen LogP contribution in [0.25, 0.3) is 0 Å². The second kappa shape index (κ2) is 15.0. The summed E-state index contributed by atoms with van der Waals surface area (Å²) in [6.45, 7) is 17.6. The van der Waals surface area contributed by atoms with E-state index >= 15 is 0 Å². The first-order chi connectivity index (χ1) is 16.8. The molecule has 0 radical (unpaired) electrons. The fourth-order valence-corrected chi connectivity index (χ4v) is 4.88. The zero-order chi connectivity index (χ0) is 28.3. The van der Waals surface area contributed by atoms with Gasteiger partial charge in [-0.15, -0.1) is 0 Å². The van der Waals surface area contributed by atoms with Gasteiger partial charge in [-0.3, -0.25) is 14.4 Å². The predicted molar refractivity (Wildman–Crippen MR) is 143 cm³/mol. The minimum Gasteiger partial charge on any atom is -0.478 e. The molecule has 0 heterocycles. The number of hydrogen-bond donors (Lipinski definition) is 3. The van der Waals surface area contributed by atoms with Crippen LogP contribution in [0.4, 0.5) is 0 Å². The molecule has 0 saturated heterocycles. The summed E-state index contributed by atoms with van der Waals surface area (Å²) in [5.41, 5.74) is -1.69. The minimum atomic E-state index is -1.09. The van der Waals surface area contributed by atoms with Gasteiger partial charge in [0.25, 0.3) is 0 Å². The van der Waals surface area contributed by atoms with Crippen molar-refractivity contribution in [2.45, 2.75) is 105 Å². The molecule has 0 rings (SSSR count). The van der Waals surface area contributed by atoms with E-state index < -0.39 is 23.1 Å². The highest BCUT2D eigenvalue weighted by atomic mass is 16.4. The smallest absolute Gasteiger partial charge is 0.331 e. The van der Waals surface area contributed by atoms with Gasteiger partial charge in [-0.25, -0.2) is 4.79 Å². The average molecular weight is 511 g/mol. The Morgan fingerprint density at radius 3 is 1.83 bits per heavy atom. The number of carboxylic acids is 1. The summed E-state index contributed by atoms with van der Waals surface area (Å²) >= 11 is 0. The van der Waals surface area contributed by atoms with Crippen molar-refractivity contribution in [2.24, 2.45) is 5.92 Å². The Bertz CT molecular complexity index is 785. The number of carbonyl (C=O) groups is 4. The molecule has 0 aliphatic rings. The third-order valence-corrected chi connectivity index (χ3v) is 7.48. The summed E-state index contributed by atoms with van der Waals surface area (Å²) in [7, 11) is 1.60. The molecule has 208 valence electrons. The lowest BCUT2D eigenvalue weighted by Gasteiger charge is -2.46. The molecule has 9 heteroatoms. The Balaban J connectivity index is 5.95. The zero-order valence-corrected chi connectivity index (χ0v) is 24.2. The molecule has 0 aliphatic carbocycles. The van der Waals surface area contributed by atoms with Crippen molar-refractivity contribution < 1.29 is 24.3 Å². The average Bonchev–Trinajstić information content (AvgIpc) is 2.86. The van der Waals surface area contributed by atoms with Gasteiger partial charge in [-0.2, -0.15) is 0 Å². The topological polar surface area (TPSA) is 119 Å². The Hall–Kier alpha value is -2.42. The van der Waals surface area contributed by atoms with Crippen molar-refractivity contribution in [3.63, 3.8) is 0 Å². The molecule has 0 aliphatic heterocycles. The van der Waals surface area contributed by atoms with Crippen molar-refractivity contribution in [3.8, 4) is 0 Å². The maximum Gasteiger partial charge on any atom is 0.331 e. The molecule has 0 bridgehead atoms. The molecule has 0 unspecified atom stereocenters. The lowest BCUT2D eigenvalue weighted by atomic mass is 9.84. The Kier molecular flexibility index (Phi) is 14.0. The van der Waals surface area contributed by atoms with Crippen molar-refractivity contribution in [2.75, 3.05) is 26.7 Å². The van der Waals surface area contributed by atoms with Crippen molar-refractivity contribution in [1.82, 2.24) is 20.4 Å². The Labute approximate surface area is 218 Å². The summed E-state index contributed by atoms with van der Waals surface area (Å²) in [6, 6.07) is -0.434. The predicted octanol–water partition coefficient (Wildman–Crippen LogP) is 3.19. The summed E-state index contributed by atoms with van der Waals surface area (Å²) in [4.78, 5) is 54.9. The summed E-state index contributed by atoms with van der Waals surface area (Å²) in [5.74, 6) is -1.86. The molecule has 3 N–H and O–H groups in total. The van der Waals surface area contributed by atoms with Gasteiger partial charge in [-0.05, 0) is 52.0 Å². The molecule has 0 aromatic rings. The molecule has 36 heavy (non-hydrogen) atoms. The molecule has 0 spiro atoms. The molecule has 1 atom stereocenters. The second-order valence-electron chi connectivity index (χ2n) is 9.68. The van der Waals surface area contributed by atoms with Gasteiger partial charge in [0.15, 0.2) is 0 Å². The largest absolute Gasteiger partial charge is 0.478 e. The van der Waals surface area contributed by atoms with E-state index in [0.29, 0.717) is 38.8 Å². The third-order valence-electron chi connectivity index (χ3n) is 7.48. The Morgan fingerprint density at radius 1 is 0.944 bits per heavy atom. The highest BCUT2D eigenvalue weighted by Crippen LogP contribution is 2.30. The zero-order valence-electron chi connectivity index (χ0n) is 24.2. The monoisotopic (exact) mass is 510 g/mol. The van der Waals surface area contributed by atoms with Crippen molar-refractivity contribution in [3.05, 3.63) is 11.6 Å². The van der Waals surface area contributed by atoms with Crippen LogP contribution < -0.4 is 10.6 Å². The Morgan fingerprint density at radius 2 is 1.47 bits per heavy atom. The van der Waals surface area contributed by atoms with E-state index in [2.05, 4.69) is 10.6 Å². The summed E-state index contributed by atoms with van der Waals surface area (Å²) in [6.07, 6.45) is 3.57. The lowest BCUT2D eigenvalue weighted by Crippen LogP contribution is -2.67. The van der Waals surface area contributed by atoms with Crippen LogP contribution in [0.3, 0.4) is 0 Å². The van der Waals surface area contributed by atoms with Gasteiger partial charge in [0.2, 0.25) is 17.7 Å². The van der Waals surface area contributed by atoms with Gasteiger partial charge >= 0.3 is 5.97 Å². The summed E-state index contributed by atoms with van der Waals surface area (Å²) < 4.78 is 0. The molecule has 0 saturated carbocycles. The van der Waals surface area contributed by atoms with Crippen LogP contribution >= 0.6 is 0 Å². The van der Waals surface area contributed by atoms with E-state index in [1.165, 1.54) is 11.8 Å². The van der Waals surface area contributed by atoms with E-state index in [4.69, 9.17) is 0 Å². The molecule has 0 aromatic carbocycles. The molecular weight excluding hydrogens is 460 g/mol. The van der Waals surface area contributed by atoms with Gasteiger partial charge in [-0.1, -0.05) is 54.5 Å². The number of hydrogen-bond acceptors (Lipinski definition) is 5. The van der Waals surface area contributed by atoms with Gasteiger partial charge in [0, 0.05) is 19.2 Å². The van der Waals surface area contributed by atoms with Crippen molar-refractivity contribution in [1.29, 1.82) is 0 Å². The van der Waals surface area contributed by atoms with Crippen LogP contribution in [0.5, 0.6) is 0 Å². The number of nitrogens with zero attached hydrogens (tertiary/aromatic N) is 2. The number of amides is 3. The quantitative estimate of drug-likeness (QED) is 0.274. The maximum atomic E-state index is 13.8. The van der Waals surface area contributed by atoms with E-state index in [0.717, 1.165) is 0 Å². The third kappa shape index (κ3) is 7.54. The SMILES string of the molecule is CCNC(CC)(CC)C(=O)N(CC)C(CC)(CC)C(=O)NCC(=O)N(C)[C@H](C=C(C)C(=O)O)C(C)C. The number of likely N-dealkylation sites (N-methyl/N-ethyl adjacent to an activating group) is 3. The van der Waals surface area contributed by atoms with E-state index in [9.17, 15) is 24.3 Å².